The summed E-state index contributed by atoms with van der Waals surface area (Å²) in [6.07, 6.45) is 10.3. The third-order valence-electron chi connectivity index (χ3n) is 3.93. The first-order valence-electron chi connectivity index (χ1n) is 6.58. The van der Waals surface area contributed by atoms with Crippen LogP contribution in [0.3, 0.4) is 0 Å². The zero-order valence-electron chi connectivity index (χ0n) is 9.80. The molecule has 0 heterocycles. The smallest absolute Gasteiger partial charge is 0.223 e. The maximum Gasteiger partial charge on any atom is 0.223 e. The van der Waals surface area contributed by atoms with Crippen LogP contribution in [0.1, 0.15) is 58.3 Å². The Labute approximate surface area is 92.8 Å². The Morgan fingerprint density at radius 1 is 1.07 bits per heavy atom. The lowest BCUT2D eigenvalue weighted by Gasteiger charge is -2.23. The second-order valence-electron chi connectivity index (χ2n) is 5.32. The van der Waals surface area contributed by atoms with Gasteiger partial charge in [-0.3, -0.25) is 4.79 Å². The summed E-state index contributed by atoms with van der Waals surface area (Å²) in [6.45, 7) is 2.19. The Kier molecular flexibility index (Phi) is 3.66. The van der Waals surface area contributed by atoms with Gasteiger partial charge in [-0.2, -0.15) is 0 Å². The molecule has 2 rings (SSSR count). The highest BCUT2D eigenvalue weighted by molar-refractivity contribution is 5.81. The molecule has 0 radical (unpaired) electrons. The summed E-state index contributed by atoms with van der Waals surface area (Å²) in [5.74, 6) is 1.40. The number of carbonyl (C=O) groups excluding carboxylic acids is 1. The quantitative estimate of drug-likeness (QED) is 0.711. The van der Waals surface area contributed by atoms with E-state index in [1.165, 1.54) is 38.5 Å². The average molecular weight is 209 g/mol. The van der Waals surface area contributed by atoms with Crippen molar-refractivity contribution >= 4 is 5.91 Å². The molecule has 1 amide bonds. The maximum atomic E-state index is 11.6. The maximum absolute atomic E-state index is 11.6. The fourth-order valence-corrected chi connectivity index (χ4v) is 2.62. The van der Waals surface area contributed by atoms with Crippen LogP contribution in [0, 0.1) is 11.8 Å². The van der Waals surface area contributed by atoms with Crippen molar-refractivity contribution in [1.82, 2.24) is 5.32 Å². The molecule has 15 heavy (non-hydrogen) atoms. The van der Waals surface area contributed by atoms with E-state index in [0.29, 0.717) is 17.9 Å². The molecule has 2 heteroatoms. The first-order chi connectivity index (χ1) is 7.27. The second kappa shape index (κ2) is 5.00. The van der Waals surface area contributed by atoms with Crippen molar-refractivity contribution in [3.8, 4) is 0 Å². The van der Waals surface area contributed by atoms with Crippen LogP contribution >= 0.6 is 0 Å². The van der Waals surface area contributed by atoms with Gasteiger partial charge in [0, 0.05) is 12.0 Å². The van der Waals surface area contributed by atoms with Crippen LogP contribution in [0.25, 0.3) is 0 Å². The molecule has 0 aromatic rings. The minimum Gasteiger partial charge on any atom is -0.353 e. The van der Waals surface area contributed by atoms with Gasteiger partial charge in [-0.25, -0.2) is 0 Å². The number of hydrogen-bond donors (Lipinski definition) is 1. The minimum atomic E-state index is 0.312. The van der Waals surface area contributed by atoms with Crippen LogP contribution in [0.2, 0.25) is 0 Å². The first kappa shape index (κ1) is 11.0. The lowest BCUT2D eigenvalue weighted by molar-refractivity contribution is -0.123. The number of amides is 1. The summed E-state index contributed by atoms with van der Waals surface area (Å²) in [7, 11) is 0. The predicted molar refractivity (Wildman–Crippen MR) is 61.5 cm³/mol. The van der Waals surface area contributed by atoms with Gasteiger partial charge in [0.15, 0.2) is 0 Å². The van der Waals surface area contributed by atoms with Gasteiger partial charge in [0.1, 0.15) is 0 Å². The Bertz CT molecular complexity index is 215. The molecule has 0 bridgehead atoms. The van der Waals surface area contributed by atoms with E-state index in [1.807, 2.05) is 0 Å². The Morgan fingerprint density at radius 2 is 1.67 bits per heavy atom. The van der Waals surface area contributed by atoms with Crippen LogP contribution in [-0.4, -0.2) is 11.9 Å². The van der Waals surface area contributed by atoms with Gasteiger partial charge >= 0.3 is 0 Å². The predicted octanol–water partition coefficient (Wildman–Crippen LogP) is 2.87. The number of rotatable bonds is 3. The SMILES string of the molecule is C[C@H](NC(=O)C1CC1)C1CCCCCC1. The van der Waals surface area contributed by atoms with Crippen molar-refractivity contribution < 1.29 is 4.79 Å². The number of nitrogens with one attached hydrogen (secondary N) is 1. The van der Waals surface area contributed by atoms with Gasteiger partial charge in [0.05, 0.1) is 0 Å². The highest BCUT2D eigenvalue weighted by atomic mass is 16.2. The van der Waals surface area contributed by atoms with Crippen LogP contribution in [0.15, 0.2) is 0 Å². The van der Waals surface area contributed by atoms with Crippen molar-refractivity contribution in [2.24, 2.45) is 11.8 Å². The van der Waals surface area contributed by atoms with E-state index < -0.39 is 0 Å². The lowest BCUT2D eigenvalue weighted by Crippen LogP contribution is -2.38. The zero-order valence-corrected chi connectivity index (χ0v) is 9.80. The minimum absolute atomic E-state index is 0.312. The normalized spacial score (nSPS) is 25.7. The molecule has 0 unspecified atom stereocenters. The van der Waals surface area contributed by atoms with Gasteiger partial charge in [-0.05, 0) is 38.5 Å². The zero-order chi connectivity index (χ0) is 10.7. The Hall–Kier alpha value is -0.530. The van der Waals surface area contributed by atoms with Gasteiger partial charge in [0.25, 0.3) is 0 Å². The second-order valence-corrected chi connectivity index (χ2v) is 5.32. The van der Waals surface area contributed by atoms with Crippen LogP contribution in [-0.2, 0) is 4.79 Å². The van der Waals surface area contributed by atoms with Crippen molar-refractivity contribution in [2.75, 3.05) is 0 Å². The molecular weight excluding hydrogens is 186 g/mol. The molecule has 2 aliphatic rings. The lowest BCUT2D eigenvalue weighted by atomic mass is 9.93. The van der Waals surface area contributed by atoms with Crippen molar-refractivity contribution in [2.45, 2.75) is 64.3 Å². The van der Waals surface area contributed by atoms with E-state index in [-0.39, 0.29) is 0 Å². The van der Waals surface area contributed by atoms with Crippen molar-refractivity contribution in [3.63, 3.8) is 0 Å². The molecule has 0 aromatic heterocycles. The van der Waals surface area contributed by atoms with E-state index in [4.69, 9.17) is 0 Å². The van der Waals surface area contributed by atoms with E-state index in [1.54, 1.807) is 0 Å². The number of carbonyl (C=O) groups is 1. The summed E-state index contributed by atoms with van der Waals surface area (Å²) in [4.78, 5) is 11.6. The van der Waals surface area contributed by atoms with E-state index >= 15 is 0 Å². The van der Waals surface area contributed by atoms with Crippen LogP contribution in [0.4, 0.5) is 0 Å². The molecule has 0 saturated heterocycles. The summed E-state index contributed by atoms with van der Waals surface area (Å²) in [5, 5.41) is 3.20. The Balaban J connectivity index is 1.77. The van der Waals surface area contributed by atoms with E-state index in [9.17, 15) is 4.79 Å². The molecule has 2 aliphatic carbocycles. The van der Waals surface area contributed by atoms with E-state index in [0.717, 1.165) is 18.8 Å². The number of hydrogen-bond acceptors (Lipinski definition) is 1. The van der Waals surface area contributed by atoms with Gasteiger partial charge in [0.2, 0.25) is 5.91 Å². The first-order valence-corrected chi connectivity index (χ1v) is 6.58. The fraction of sp³-hybridized carbons (Fsp3) is 0.923. The summed E-state index contributed by atoms with van der Waals surface area (Å²) in [6, 6.07) is 0.399. The average Bonchev–Trinajstić information content (AvgIpc) is 3.05. The fourth-order valence-electron chi connectivity index (χ4n) is 2.62. The molecule has 2 saturated carbocycles. The summed E-state index contributed by atoms with van der Waals surface area (Å²) >= 11 is 0. The van der Waals surface area contributed by atoms with Crippen LogP contribution in [0.5, 0.6) is 0 Å². The van der Waals surface area contributed by atoms with E-state index in [2.05, 4.69) is 12.2 Å². The molecule has 2 nitrogen and oxygen atoms in total. The molecule has 0 spiro atoms. The third-order valence-corrected chi connectivity index (χ3v) is 3.93. The van der Waals surface area contributed by atoms with Crippen molar-refractivity contribution in [3.05, 3.63) is 0 Å². The monoisotopic (exact) mass is 209 g/mol. The highest BCUT2D eigenvalue weighted by Gasteiger charge is 2.31. The third kappa shape index (κ3) is 3.22. The molecule has 0 aliphatic heterocycles. The molecule has 2 fully saturated rings. The highest BCUT2D eigenvalue weighted by Crippen LogP contribution is 2.30. The van der Waals surface area contributed by atoms with Crippen LogP contribution < -0.4 is 5.32 Å². The molecule has 1 N–H and O–H groups in total. The molecule has 86 valence electrons. The summed E-state index contributed by atoms with van der Waals surface area (Å²) in [5.41, 5.74) is 0. The summed E-state index contributed by atoms with van der Waals surface area (Å²) < 4.78 is 0. The molecule has 0 aromatic carbocycles. The largest absolute Gasteiger partial charge is 0.353 e. The van der Waals surface area contributed by atoms with Crippen molar-refractivity contribution in [1.29, 1.82) is 0 Å². The van der Waals surface area contributed by atoms with Gasteiger partial charge in [-0.1, -0.05) is 25.7 Å². The standard InChI is InChI=1S/C13H23NO/c1-10(14-13(15)12-8-9-12)11-6-4-2-3-5-7-11/h10-12H,2-9H2,1H3,(H,14,15)/t10-/m0/s1. The topological polar surface area (TPSA) is 29.1 Å². The van der Waals surface area contributed by atoms with Gasteiger partial charge in [-0.15, -0.1) is 0 Å². The van der Waals surface area contributed by atoms with Gasteiger partial charge < -0.3 is 5.32 Å². The Morgan fingerprint density at radius 3 is 2.20 bits per heavy atom. The molecule has 1 atom stereocenters. The molecular formula is C13H23NO.